The molecule has 8 nitrogen and oxygen atoms in total. The normalized spacial score (nSPS) is 11.5. The molecule has 0 spiro atoms. The van der Waals surface area contributed by atoms with Gasteiger partial charge in [-0.15, -0.1) is 0 Å². The highest BCUT2D eigenvalue weighted by molar-refractivity contribution is 6.06. The fourth-order valence-corrected chi connectivity index (χ4v) is 2.91. The van der Waals surface area contributed by atoms with Crippen molar-refractivity contribution in [1.82, 2.24) is 10.1 Å². The Balaban J connectivity index is 1.69. The Morgan fingerprint density at radius 1 is 1.06 bits per heavy atom. The minimum atomic E-state index is -1.10. The van der Waals surface area contributed by atoms with Crippen LogP contribution < -0.4 is 5.32 Å². The standard InChI is InChI=1S/C23H23N3O5/c1-15-13-20(25-31-15)24-21(27)16(2)30-23(29)19-12-8-7-11-18(19)22(28)26(3)14-17-9-5-4-6-10-17/h4-13,16H,14H2,1-3H3,(H,24,25,27). The molecule has 0 aliphatic carbocycles. The molecule has 160 valence electrons. The Bertz CT molecular complexity index is 1080. The molecule has 0 saturated heterocycles. The smallest absolute Gasteiger partial charge is 0.339 e. The first-order valence-corrected chi connectivity index (χ1v) is 9.68. The Morgan fingerprint density at radius 2 is 1.71 bits per heavy atom. The van der Waals surface area contributed by atoms with Crippen LogP contribution in [0.4, 0.5) is 5.82 Å². The van der Waals surface area contributed by atoms with Crippen LogP contribution in [0.1, 0.15) is 39.0 Å². The van der Waals surface area contributed by atoms with Crippen molar-refractivity contribution in [2.24, 2.45) is 0 Å². The van der Waals surface area contributed by atoms with E-state index in [9.17, 15) is 14.4 Å². The minimum absolute atomic E-state index is 0.0874. The quantitative estimate of drug-likeness (QED) is 0.587. The van der Waals surface area contributed by atoms with Crippen molar-refractivity contribution in [2.75, 3.05) is 12.4 Å². The molecule has 1 aromatic heterocycles. The van der Waals surface area contributed by atoms with Crippen molar-refractivity contribution >= 4 is 23.6 Å². The lowest BCUT2D eigenvalue weighted by Crippen LogP contribution is -2.32. The van der Waals surface area contributed by atoms with Crippen molar-refractivity contribution < 1.29 is 23.6 Å². The van der Waals surface area contributed by atoms with Crippen LogP contribution in [0.15, 0.2) is 65.2 Å². The summed E-state index contributed by atoms with van der Waals surface area (Å²) in [6, 6.07) is 17.4. The van der Waals surface area contributed by atoms with Gasteiger partial charge in [0.25, 0.3) is 11.8 Å². The van der Waals surface area contributed by atoms with Crippen LogP contribution in [0.2, 0.25) is 0 Å². The van der Waals surface area contributed by atoms with E-state index < -0.39 is 18.0 Å². The van der Waals surface area contributed by atoms with Crippen molar-refractivity contribution in [1.29, 1.82) is 0 Å². The van der Waals surface area contributed by atoms with Crippen LogP contribution in [-0.2, 0) is 16.1 Å². The molecule has 0 saturated carbocycles. The summed E-state index contributed by atoms with van der Waals surface area (Å²) in [6.07, 6.45) is -1.10. The summed E-state index contributed by atoms with van der Waals surface area (Å²) in [5, 5.41) is 6.17. The van der Waals surface area contributed by atoms with Crippen LogP contribution in [-0.4, -0.2) is 41.0 Å². The number of aryl methyl sites for hydroxylation is 1. The Hall–Kier alpha value is -3.94. The van der Waals surface area contributed by atoms with E-state index in [-0.39, 0.29) is 22.9 Å². The van der Waals surface area contributed by atoms with Gasteiger partial charge in [-0.25, -0.2) is 4.79 Å². The number of anilines is 1. The number of benzene rings is 2. The van der Waals surface area contributed by atoms with Gasteiger partial charge < -0.3 is 19.5 Å². The third-order valence-corrected chi connectivity index (χ3v) is 4.52. The number of esters is 1. The van der Waals surface area contributed by atoms with Gasteiger partial charge in [-0.05, 0) is 31.5 Å². The summed E-state index contributed by atoms with van der Waals surface area (Å²) in [6.45, 7) is 3.51. The molecule has 2 aromatic carbocycles. The Labute approximate surface area is 179 Å². The van der Waals surface area contributed by atoms with Crippen LogP contribution in [0.5, 0.6) is 0 Å². The lowest BCUT2D eigenvalue weighted by molar-refractivity contribution is -0.123. The summed E-state index contributed by atoms with van der Waals surface area (Å²) in [5.74, 6) is -0.898. The van der Waals surface area contributed by atoms with Crippen LogP contribution >= 0.6 is 0 Å². The van der Waals surface area contributed by atoms with Crippen molar-refractivity contribution in [3.63, 3.8) is 0 Å². The highest BCUT2D eigenvalue weighted by Crippen LogP contribution is 2.16. The first-order valence-electron chi connectivity index (χ1n) is 9.68. The number of aromatic nitrogens is 1. The van der Waals surface area contributed by atoms with E-state index in [1.165, 1.54) is 17.9 Å². The summed E-state index contributed by atoms with van der Waals surface area (Å²) >= 11 is 0. The molecule has 3 aromatic rings. The highest BCUT2D eigenvalue weighted by atomic mass is 16.5. The average molecular weight is 421 g/mol. The number of rotatable bonds is 7. The molecule has 2 amide bonds. The SMILES string of the molecule is Cc1cc(NC(=O)C(C)OC(=O)c2ccccc2C(=O)N(C)Cc2ccccc2)no1. The first-order chi connectivity index (χ1) is 14.8. The van der Waals surface area contributed by atoms with E-state index in [4.69, 9.17) is 9.26 Å². The van der Waals surface area contributed by atoms with Gasteiger partial charge in [0.1, 0.15) is 5.76 Å². The molecule has 1 heterocycles. The van der Waals surface area contributed by atoms with Gasteiger partial charge in [0.2, 0.25) is 0 Å². The van der Waals surface area contributed by atoms with Crippen molar-refractivity contribution in [2.45, 2.75) is 26.5 Å². The zero-order chi connectivity index (χ0) is 22.4. The van der Waals surface area contributed by atoms with E-state index in [2.05, 4.69) is 10.5 Å². The minimum Gasteiger partial charge on any atom is -0.449 e. The van der Waals surface area contributed by atoms with Gasteiger partial charge >= 0.3 is 5.97 Å². The second-order valence-corrected chi connectivity index (χ2v) is 7.05. The fourth-order valence-electron chi connectivity index (χ4n) is 2.91. The molecule has 1 unspecified atom stereocenters. The van der Waals surface area contributed by atoms with Crippen LogP contribution in [0.3, 0.4) is 0 Å². The molecule has 0 radical (unpaired) electrons. The number of carbonyl (C=O) groups excluding carboxylic acids is 3. The lowest BCUT2D eigenvalue weighted by atomic mass is 10.1. The maximum Gasteiger partial charge on any atom is 0.339 e. The summed E-state index contributed by atoms with van der Waals surface area (Å²) in [7, 11) is 1.66. The van der Waals surface area contributed by atoms with Gasteiger partial charge in [-0.1, -0.05) is 47.6 Å². The third kappa shape index (κ3) is 5.57. The maximum absolute atomic E-state index is 13.0. The molecule has 8 heteroatoms. The van der Waals surface area contributed by atoms with Gasteiger partial charge in [0.15, 0.2) is 11.9 Å². The predicted octanol–water partition coefficient (Wildman–Crippen LogP) is 3.44. The second kappa shape index (κ2) is 9.71. The van der Waals surface area contributed by atoms with Crippen molar-refractivity contribution in [3.05, 3.63) is 83.1 Å². The van der Waals surface area contributed by atoms with Gasteiger partial charge in [0.05, 0.1) is 11.1 Å². The molecule has 3 rings (SSSR count). The monoisotopic (exact) mass is 421 g/mol. The number of ether oxygens (including phenoxy) is 1. The molecule has 31 heavy (non-hydrogen) atoms. The van der Waals surface area contributed by atoms with Gasteiger partial charge in [-0.2, -0.15) is 0 Å². The number of amides is 2. The molecule has 0 bridgehead atoms. The number of carbonyl (C=O) groups is 3. The molecule has 0 aliphatic heterocycles. The summed E-state index contributed by atoms with van der Waals surface area (Å²) in [4.78, 5) is 39.5. The van der Waals surface area contributed by atoms with Crippen molar-refractivity contribution in [3.8, 4) is 0 Å². The first kappa shape index (κ1) is 21.8. The molecular weight excluding hydrogens is 398 g/mol. The molecule has 0 fully saturated rings. The molecular formula is C23H23N3O5. The van der Waals surface area contributed by atoms with Gasteiger partial charge in [-0.3, -0.25) is 9.59 Å². The van der Waals surface area contributed by atoms with E-state index >= 15 is 0 Å². The molecule has 1 N–H and O–H groups in total. The maximum atomic E-state index is 13.0. The fraction of sp³-hybridized carbons (Fsp3) is 0.217. The third-order valence-electron chi connectivity index (χ3n) is 4.52. The zero-order valence-corrected chi connectivity index (χ0v) is 17.5. The number of hydrogen-bond acceptors (Lipinski definition) is 6. The Morgan fingerprint density at radius 3 is 2.35 bits per heavy atom. The van der Waals surface area contributed by atoms with Crippen LogP contribution in [0.25, 0.3) is 0 Å². The highest BCUT2D eigenvalue weighted by Gasteiger charge is 2.24. The van der Waals surface area contributed by atoms with E-state index in [0.717, 1.165) is 5.56 Å². The van der Waals surface area contributed by atoms with Gasteiger partial charge in [0, 0.05) is 19.7 Å². The molecule has 0 aliphatic rings. The largest absolute Gasteiger partial charge is 0.449 e. The number of hydrogen-bond donors (Lipinski definition) is 1. The van der Waals surface area contributed by atoms with E-state index in [1.807, 2.05) is 30.3 Å². The molecule has 1 atom stereocenters. The summed E-state index contributed by atoms with van der Waals surface area (Å²) in [5.41, 5.74) is 1.25. The van der Waals surface area contributed by atoms with Crippen LogP contribution in [0, 0.1) is 6.92 Å². The second-order valence-electron chi connectivity index (χ2n) is 7.05. The average Bonchev–Trinajstić information content (AvgIpc) is 3.18. The lowest BCUT2D eigenvalue weighted by Gasteiger charge is -2.19. The Kier molecular flexibility index (Phi) is 6.81. The van der Waals surface area contributed by atoms with E-state index in [0.29, 0.717) is 12.3 Å². The summed E-state index contributed by atoms with van der Waals surface area (Å²) < 4.78 is 10.2. The van der Waals surface area contributed by atoms with E-state index in [1.54, 1.807) is 38.2 Å². The topological polar surface area (TPSA) is 102 Å². The number of nitrogens with zero attached hydrogens (tertiary/aromatic N) is 2. The zero-order valence-electron chi connectivity index (χ0n) is 17.5. The number of nitrogens with one attached hydrogen (secondary N) is 1. The predicted molar refractivity (Wildman–Crippen MR) is 113 cm³/mol.